The molecule has 2 aromatic heterocycles. The molecule has 0 aliphatic rings. The molecule has 0 bridgehead atoms. The molecule has 27 heavy (non-hydrogen) atoms. The van der Waals surface area contributed by atoms with Gasteiger partial charge in [-0.1, -0.05) is 13.0 Å². The average molecular weight is 385 g/mol. The van der Waals surface area contributed by atoms with E-state index in [1.54, 1.807) is 16.2 Å². The summed E-state index contributed by atoms with van der Waals surface area (Å²) in [6, 6.07) is 11.1. The molecule has 1 aromatic carbocycles. The van der Waals surface area contributed by atoms with E-state index in [9.17, 15) is 9.90 Å². The monoisotopic (exact) mass is 384 g/mol. The third-order valence-corrected chi connectivity index (χ3v) is 5.48. The van der Waals surface area contributed by atoms with Crippen LogP contribution in [0.25, 0.3) is 10.9 Å². The van der Waals surface area contributed by atoms with Gasteiger partial charge in [-0.05, 0) is 50.6 Å². The number of hydrogen-bond acceptors (Lipinski definition) is 5. The molecule has 0 spiro atoms. The summed E-state index contributed by atoms with van der Waals surface area (Å²) in [7, 11) is 0. The minimum atomic E-state index is -0.246. The van der Waals surface area contributed by atoms with Crippen LogP contribution in [-0.4, -0.2) is 38.9 Å². The predicted octanol–water partition coefficient (Wildman–Crippen LogP) is 4.11. The van der Waals surface area contributed by atoms with Crippen LogP contribution in [0.1, 0.15) is 28.8 Å². The fourth-order valence-corrected chi connectivity index (χ4v) is 3.90. The highest BCUT2D eigenvalue weighted by atomic mass is 32.1. The summed E-state index contributed by atoms with van der Waals surface area (Å²) < 4.78 is 0. The molecule has 0 saturated carbocycles. The van der Waals surface area contributed by atoms with Crippen molar-refractivity contribution < 1.29 is 9.90 Å². The third-order valence-electron chi connectivity index (χ3n) is 4.50. The molecule has 142 valence electrons. The number of aromatic nitrogens is 2. The van der Waals surface area contributed by atoms with Crippen LogP contribution >= 0.6 is 11.3 Å². The number of hydrogen-bond donors (Lipinski definition) is 2. The Kier molecular flexibility index (Phi) is 6.03. The SMILES string of the molecule is CC[C@@H](CO)N(Cc1ccc(C)s1)C(=O)Nc1cccc2nnc(C)cc12. The van der Waals surface area contributed by atoms with Gasteiger partial charge in [0.15, 0.2) is 0 Å². The normalized spacial score (nSPS) is 12.1. The Morgan fingerprint density at radius 1 is 1.26 bits per heavy atom. The zero-order valence-electron chi connectivity index (χ0n) is 15.8. The molecule has 0 unspecified atom stereocenters. The van der Waals surface area contributed by atoms with E-state index in [-0.39, 0.29) is 18.7 Å². The van der Waals surface area contributed by atoms with Gasteiger partial charge in [0.2, 0.25) is 0 Å². The first kappa shape index (κ1) is 19.3. The van der Waals surface area contributed by atoms with Crippen LogP contribution < -0.4 is 5.32 Å². The van der Waals surface area contributed by atoms with Crippen molar-refractivity contribution >= 4 is 34.0 Å². The Hall–Kier alpha value is -2.51. The van der Waals surface area contributed by atoms with Gasteiger partial charge in [-0.25, -0.2) is 4.79 Å². The summed E-state index contributed by atoms with van der Waals surface area (Å²) in [5, 5.41) is 21.9. The highest BCUT2D eigenvalue weighted by Crippen LogP contribution is 2.24. The highest BCUT2D eigenvalue weighted by Gasteiger charge is 2.23. The van der Waals surface area contributed by atoms with E-state index in [1.807, 2.05) is 57.2 Å². The molecule has 6 nitrogen and oxygen atoms in total. The maximum absolute atomic E-state index is 13.1. The summed E-state index contributed by atoms with van der Waals surface area (Å²) >= 11 is 1.66. The first-order valence-corrected chi connectivity index (χ1v) is 9.80. The third kappa shape index (κ3) is 4.43. The summed E-state index contributed by atoms with van der Waals surface area (Å²) in [5.41, 5.74) is 2.21. The Morgan fingerprint density at radius 2 is 2.07 bits per heavy atom. The van der Waals surface area contributed by atoms with Crippen molar-refractivity contribution in [3.05, 3.63) is 51.8 Å². The molecule has 0 aliphatic carbocycles. The second-order valence-electron chi connectivity index (χ2n) is 6.54. The van der Waals surface area contributed by atoms with E-state index in [2.05, 4.69) is 15.5 Å². The molecule has 3 aromatic rings. The van der Waals surface area contributed by atoms with Crippen molar-refractivity contribution in [3.8, 4) is 0 Å². The number of aryl methyl sites for hydroxylation is 2. The van der Waals surface area contributed by atoms with E-state index >= 15 is 0 Å². The van der Waals surface area contributed by atoms with E-state index in [0.29, 0.717) is 18.7 Å². The van der Waals surface area contributed by atoms with E-state index in [0.717, 1.165) is 21.5 Å². The van der Waals surface area contributed by atoms with Crippen molar-refractivity contribution in [1.82, 2.24) is 15.1 Å². The standard InChI is InChI=1S/C20H24N4O2S/c1-4-15(12-25)24(11-16-9-8-14(3)27-16)20(26)21-18-6-5-7-19-17(18)10-13(2)22-23-19/h5-10,15,25H,4,11-12H2,1-3H3,(H,21,26)/t15-/m0/s1. The van der Waals surface area contributed by atoms with Crippen molar-refractivity contribution in [3.63, 3.8) is 0 Å². The summed E-state index contributed by atoms with van der Waals surface area (Å²) in [4.78, 5) is 17.1. The van der Waals surface area contributed by atoms with Gasteiger partial charge in [-0.2, -0.15) is 10.2 Å². The van der Waals surface area contributed by atoms with Crippen LogP contribution in [0.2, 0.25) is 0 Å². The molecule has 2 N–H and O–H groups in total. The maximum atomic E-state index is 13.1. The van der Waals surface area contributed by atoms with Gasteiger partial charge in [-0.15, -0.1) is 11.3 Å². The number of urea groups is 1. The maximum Gasteiger partial charge on any atom is 0.322 e. The lowest BCUT2D eigenvalue weighted by Gasteiger charge is -2.30. The zero-order valence-corrected chi connectivity index (χ0v) is 16.6. The second-order valence-corrected chi connectivity index (χ2v) is 7.91. The Morgan fingerprint density at radius 3 is 2.74 bits per heavy atom. The Labute approximate surface area is 162 Å². The molecule has 1 atom stereocenters. The van der Waals surface area contributed by atoms with E-state index < -0.39 is 0 Å². The molecule has 0 aliphatic heterocycles. The minimum Gasteiger partial charge on any atom is -0.394 e. The topological polar surface area (TPSA) is 78.4 Å². The van der Waals surface area contributed by atoms with Crippen LogP contribution in [0.5, 0.6) is 0 Å². The Balaban J connectivity index is 1.89. The number of nitrogens with one attached hydrogen (secondary N) is 1. The lowest BCUT2D eigenvalue weighted by Crippen LogP contribution is -2.43. The molecular formula is C20H24N4O2S. The number of amides is 2. The predicted molar refractivity (Wildman–Crippen MR) is 109 cm³/mol. The van der Waals surface area contributed by atoms with Crippen molar-refractivity contribution in [1.29, 1.82) is 0 Å². The minimum absolute atomic E-state index is 0.0750. The van der Waals surface area contributed by atoms with Gasteiger partial charge >= 0.3 is 6.03 Å². The molecule has 0 radical (unpaired) electrons. The first-order valence-electron chi connectivity index (χ1n) is 8.98. The molecule has 3 rings (SSSR count). The number of thiophene rings is 1. The van der Waals surface area contributed by atoms with Gasteiger partial charge in [0, 0.05) is 15.1 Å². The fourth-order valence-electron chi connectivity index (χ4n) is 3.01. The number of carbonyl (C=O) groups is 1. The summed E-state index contributed by atoms with van der Waals surface area (Å²) in [6.07, 6.45) is 0.675. The Bertz CT molecular complexity index is 937. The number of aliphatic hydroxyl groups excluding tert-OH is 1. The lowest BCUT2D eigenvalue weighted by atomic mass is 10.1. The van der Waals surface area contributed by atoms with Gasteiger partial charge in [-0.3, -0.25) is 0 Å². The molecule has 2 amide bonds. The number of rotatable bonds is 6. The van der Waals surface area contributed by atoms with Crippen LogP contribution in [0.15, 0.2) is 36.4 Å². The van der Waals surface area contributed by atoms with Gasteiger partial charge in [0.05, 0.1) is 36.1 Å². The first-order chi connectivity index (χ1) is 13.0. The molecule has 2 heterocycles. The molecule has 7 heteroatoms. The number of carbonyl (C=O) groups excluding carboxylic acids is 1. The van der Waals surface area contributed by atoms with Crippen molar-refractivity contribution in [2.24, 2.45) is 0 Å². The van der Waals surface area contributed by atoms with Gasteiger partial charge in [0.1, 0.15) is 0 Å². The van der Waals surface area contributed by atoms with E-state index in [1.165, 1.54) is 4.88 Å². The van der Waals surface area contributed by atoms with Crippen molar-refractivity contribution in [2.75, 3.05) is 11.9 Å². The highest BCUT2D eigenvalue weighted by molar-refractivity contribution is 7.11. The van der Waals surface area contributed by atoms with Crippen molar-refractivity contribution in [2.45, 2.75) is 39.8 Å². The average Bonchev–Trinajstić information content (AvgIpc) is 3.07. The van der Waals surface area contributed by atoms with Crippen LogP contribution in [-0.2, 0) is 6.54 Å². The number of aliphatic hydroxyl groups is 1. The number of anilines is 1. The molecule has 0 fully saturated rings. The largest absolute Gasteiger partial charge is 0.394 e. The number of fused-ring (bicyclic) bond motifs is 1. The molecular weight excluding hydrogens is 360 g/mol. The number of nitrogens with zero attached hydrogens (tertiary/aromatic N) is 3. The fraction of sp³-hybridized carbons (Fsp3) is 0.350. The van der Waals surface area contributed by atoms with Gasteiger partial charge in [0.25, 0.3) is 0 Å². The summed E-state index contributed by atoms with van der Waals surface area (Å²) in [5.74, 6) is 0. The van der Waals surface area contributed by atoms with Crippen LogP contribution in [0.4, 0.5) is 10.5 Å². The van der Waals surface area contributed by atoms with Gasteiger partial charge < -0.3 is 15.3 Å². The molecule has 0 saturated heterocycles. The zero-order chi connectivity index (χ0) is 19.4. The van der Waals surface area contributed by atoms with Crippen LogP contribution in [0.3, 0.4) is 0 Å². The smallest absolute Gasteiger partial charge is 0.322 e. The summed E-state index contributed by atoms with van der Waals surface area (Å²) in [6.45, 7) is 6.27. The lowest BCUT2D eigenvalue weighted by molar-refractivity contribution is 0.135. The number of benzene rings is 1. The van der Waals surface area contributed by atoms with Crippen LogP contribution in [0, 0.1) is 13.8 Å². The quantitative estimate of drug-likeness (QED) is 0.670. The van der Waals surface area contributed by atoms with E-state index in [4.69, 9.17) is 0 Å². The second kappa shape index (κ2) is 8.45.